The number of unbranched alkanes of at least 4 members (excludes halogenated alkanes) is 14. The highest BCUT2D eigenvalue weighted by Crippen LogP contribution is 2.19. The van der Waals surface area contributed by atoms with Gasteiger partial charge in [-0.2, -0.15) is 0 Å². The summed E-state index contributed by atoms with van der Waals surface area (Å²) in [5, 5.41) is 19.2. The summed E-state index contributed by atoms with van der Waals surface area (Å²) in [7, 11) is 0. The third-order valence-corrected chi connectivity index (χ3v) is 7.45. The zero-order valence-electron chi connectivity index (χ0n) is 20.0. The third-order valence-electron chi connectivity index (χ3n) is 6.14. The molecule has 2 N–H and O–H groups in total. The lowest BCUT2D eigenvalue weighted by Crippen LogP contribution is -2.52. The van der Waals surface area contributed by atoms with Gasteiger partial charge < -0.3 is 14.7 Å². The standard InChI is InChI=1S/C25H54NO2S/c1-3-5-7-9-11-12-13-14-15-17-19-26(20-22-27,21-23-28)25-29-24-18-16-10-8-6-4-2/h27-28H,3-25H2,1-2H3/q+1. The van der Waals surface area contributed by atoms with Gasteiger partial charge in [-0.15, -0.1) is 11.8 Å². The lowest BCUT2D eigenvalue weighted by Gasteiger charge is -2.37. The van der Waals surface area contributed by atoms with Gasteiger partial charge in [0.05, 0.1) is 19.8 Å². The summed E-state index contributed by atoms with van der Waals surface area (Å²) < 4.78 is 0.893. The predicted octanol–water partition coefficient (Wildman–Crippen LogP) is 6.76. The van der Waals surface area contributed by atoms with E-state index in [0.717, 1.165) is 30.0 Å². The van der Waals surface area contributed by atoms with Gasteiger partial charge in [-0.3, -0.25) is 0 Å². The van der Waals surface area contributed by atoms with Gasteiger partial charge in [0.15, 0.2) is 0 Å². The summed E-state index contributed by atoms with van der Waals surface area (Å²) in [6, 6.07) is 0. The molecule has 0 amide bonds. The summed E-state index contributed by atoms with van der Waals surface area (Å²) in [4.78, 5) is 0. The molecule has 0 saturated carbocycles. The van der Waals surface area contributed by atoms with Crippen LogP contribution in [-0.2, 0) is 0 Å². The Kier molecular flexibility index (Phi) is 23.1. The van der Waals surface area contributed by atoms with Crippen molar-refractivity contribution >= 4 is 11.8 Å². The van der Waals surface area contributed by atoms with Crippen LogP contribution in [0.5, 0.6) is 0 Å². The number of hydrogen-bond donors (Lipinski definition) is 2. The lowest BCUT2D eigenvalue weighted by atomic mass is 10.1. The number of hydrogen-bond acceptors (Lipinski definition) is 3. The van der Waals surface area contributed by atoms with Crippen molar-refractivity contribution in [2.75, 3.05) is 44.5 Å². The highest BCUT2D eigenvalue weighted by molar-refractivity contribution is 7.99. The molecule has 0 saturated heterocycles. The fourth-order valence-corrected chi connectivity index (χ4v) is 5.44. The largest absolute Gasteiger partial charge is 0.391 e. The predicted molar refractivity (Wildman–Crippen MR) is 132 cm³/mol. The smallest absolute Gasteiger partial charge is 0.125 e. The van der Waals surface area contributed by atoms with Crippen LogP contribution in [0.4, 0.5) is 0 Å². The SMILES string of the molecule is CCCCCCCCCCCC[N+](CCO)(CCO)CSCCCCCCCC. The minimum Gasteiger partial charge on any atom is -0.391 e. The summed E-state index contributed by atoms with van der Waals surface area (Å²) >= 11 is 2.04. The van der Waals surface area contributed by atoms with E-state index in [1.807, 2.05) is 11.8 Å². The van der Waals surface area contributed by atoms with Crippen LogP contribution in [0.25, 0.3) is 0 Å². The number of rotatable bonds is 24. The fraction of sp³-hybridized carbons (Fsp3) is 1.00. The van der Waals surface area contributed by atoms with Crippen molar-refractivity contribution in [1.82, 2.24) is 0 Å². The Morgan fingerprint density at radius 2 is 0.931 bits per heavy atom. The molecule has 0 heterocycles. The molecule has 0 aromatic carbocycles. The van der Waals surface area contributed by atoms with Crippen LogP contribution >= 0.6 is 11.8 Å². The van der Waals surface area contributed by atoms with E-state index in [1.165, 1.54) is 108 Å². The second-order valence-corrected chi connectivity index (χ2v) is 10.0. The van der Waals surface area contributed by atoms with Crippen LogP contribution in [0.15, 0.2) is 0 Å². The van der Waals surface area contributed by atoms with E-state index in [9.17, 15) is 10.2 Å². The summed E-state index contributed by atoms with van der Waals surface area (Å²) in [6.07, 6.45) is 21.7. The van der Waals surface area contributed by atoms with Gasteiger partial charge in [0.1, 0.15) is 19.0 Å². The van der Waals surface area contributed by atoms with Crippen molar-refractivity contribution in [2.45, 2.75) is 117 Å². The molecule has 0 radical (unpaired) electrons. The normalized spacial score (nSPS) is 12.0. The minimum atomic E-state index is 0.231. The zero-order valence-corrected chi connectivity index (χ0v) is 20.8. The van der Waals surface area contributed by atoms with E-state index in [1.54, 1.807) is 0 Å². The van der Waals surface area contributed by atoms with Crippen molar-refractivity contribution in [2.24, 2.45) is 0 Å². The Labute approximate surface area is 187 Å². The molecule has 29 heavy (non-hydrogen) atoms. The highest BCUT2D eigenvalue weighted by Gasteiger charge is 2.25. The lowest BCUT2D eigenvalue weighted by molar-refractivity contribution is -0.917. The van der Waals surface area contributed by atoms with Crippen molar-refractivity contribution in [3.8, 4) is 0 Å². The molecule has 4 heteroatoms. The topological polar surface area (TPSA) is 40.5 Å². The first kappa shape index (κ1) is 29.2. The Bertz CT molecular complexity index is 309. The van der Waals surface area contributed by atoms with Crippen molar-refractivity contribution in [3.05, 3.63) is 0 Å². The zero-order chi connectivity index (χ0) is 21.5. The Balaban J connectivity index is 3.95. The Morgan fingerprint density at radius 1 is 0.517 bits per heavy atom. The van der Waals surface area contributed by atoms with Crippen molar-refractivity contribution in [1.29, 1.82) is 0 Å². The Morgan fingerprint density at radius 3 is 1.38 bits per heavy atom. The quantitative estimate of drug-likeness (QED) is 0.101. The molecule has 0 fully saturated rings. The average Bonchev–Trinajstić information content (AvgIpc) is 2.72. The van der Waals surface area contributed by atoms with Crippen LogP contribution in [0, 0.1) is 0 Å². The fourth-order valence-electron chi connectivity index (χ4n) is 4.13. The third kappa shape index (κ3) is 18.7. The van der Waals surface area contributed by atoms with E-state index in [-0.39, 0.29) is 13.2 Å². The first-order valence-electron chi connectivity index (χ1n) is 12.9. The Hall–Kier alpha value is 0.230. The van der Waals surface area contributed by atoms with Gasteiger partial charge in [0.25, 0.3) is 0 Å². The van der Waals surface area contributed by atoms with Gasteiger partial charge >= 0.3 is 0 Å². The number of quaternary nitrogens is 1. The second kappa shape index (κ2) is 22.9. The van der Waals surface area contributed by atoms with Gasteiger partial charge in [-0.1, -0.05) is 97.3 Å². The monoisotopic (exact) mass is 432 g/mol. The molecular formula is C25H54NO2S+. The molecule has 0 aromatic rings. The first-order valence-corrected chi connectivity index (χ1v) is 14.0. The van der Waals surface area contributed by atoms with Crippen LogP contribution in [-0.4, -0.2) is 59.2 Å². The number of nitrogens with zero attached hydrogens (tertiary/aromatic N) is 1. The van der Waals surface area contributed by atoms with Gasteiger partial charge in [0, 0.05) is 0 Å². The summed E-state index contributed by atoms with van der Waals surface area (Å²) in [5.41, 5.74) is 0. The maximum Gasteiger partial charge on any atom is 0.125 e. The maximum absolute atomic E-state index is 9.61. The van der Waals surface area contributed by atoms with Gasteiger partial charge in [-0.05, 0) is 25.0 Å². The van der Waals surface area contributed by atoms with Crippen LogP contribution in [0.1, 0.15) is 117 Å². The van der Waals surface area contributed by atoms with Gasteiger partial charge in [0.2, 0.25) is 0 Å². The first-order chi connectivity index (χ1) is 14.2. The molecular weight excluding hydrogens is 378 g/mol. The average molecular weight is 433 g/mol. The van der Waals surface area contributed by atoms with Crippen molar-refractivity contribution < 1.29 is 14.7 Å². The molecule has 0 aliphatic heterocycles. The number of aliphatic hydroxyl groups excluding tert-OH is 2. The molecule has 0 aliphatic rings. The molecule has 0 spiro atoms. The van der Waals surface area contributed by atoms with E-state index in [4.69, 9.17) is 0 Å². The number of aliphatic hydroxyl groups is 2. The van der Waals surface area contributed by atoms with E-state index in [0.29, 0.717) is 0 Å². The number of thioether (sulfide) groups is 1. The van der Waals surface area contributed by atoms with Crippen LogP contribution in [0.3, 0.4) is 0 Å². The van der Waals surface area contributed by atoms with E-state index >= 15 is 0 Å². The van der Waals surface area contributed by atoms with Crippen LogP contribution in [0.2, 0.25) is 0 Å². The van der Waals surface area contributed by atoms with Gasteiger partial charge in [-0.25, -0.2) is 0 Å². The molecule has 0 rings (SSSR count). The molecule has 3 nitrogen and oxygen atoms in total. The molecule has 0 unspecified atom stereocenters. The summed E-state index contributed by atoms with van der Waals surface area (Å²) in [6.45, 7) is 7.71. The van der Waals surface area contributed by atoms with E-state index < -0.39 is 0 Å². The summed E-state index contributed by atoms with van der Waals surface area (Å²) in [5.74, 6) is 2.27. The highest BCUT2D eigenvalue weighted by atomic mass is 32.2. The molecule has 0 bridgehead atoms. The molecule has 0 aliphatic carbocycles. The van der Waals surface area contributed by atoms with Crippen molar-refractivity contribution in [3.63, 3.8) is 0 Å². The molecule has 0 atom stereocenters. The molecule has 176 valence electrons. The van der Waals surface area contributed by atoms with Crippen LogP contribution < -0.4 is 0 Å². The van der Waals surface area contributed by atoms with E-state index in [2.05, 4.69) is 13.8 Å². The second-order valence-electron chi connectivity index (χ2n) is 8.95. The molecule has 0 aromatic heterocycles. The maximum atomic E-state index is 9.61. The minimum absolute atomic E-state index is 0.231.